The Balaban J connectivity index is 2.22. The second-order valence-electron chi connectivity index (χ2n) is 4.92. The van der Waals surface area contributed by atoms with Crippen LogP contribution >= 0.6 is 0 Å². The first-order valence-corrected chi connectivity index (χ1v) is 6.90. The molecule has 7 nitrogen and oxygen atoms in total. The van der Waals surface area contributed by atoms with E-state index in [0.29, 0.717) is 37.4 Å². The zero-order valence-electron chi connectivity index (χ0n) is 12.6. The van der Waals surface area contributed by atoms with Crippen molar-refractivity contribution in [1.29, 1.82) is 0 Å². The van der Waals surface area contributed by atoms with E-state index in [1.54, 1.807) is 24.0 Å². The van der Waals surface area contributed by atoms with Crippen LogP contribution in [0.25, 0.3) is 6.08 Å². The molecule has 7 heteroatoms. The highest BCUT2D eigenvalue weighted by molar-refractivity contribution is 5.97. The van der Waals surface area contributed by atoms with Gasteiger partial charge in [0.15, 0.2) is 5.75 Å². The fraction of sp³-hybridized carbons (Fsp3) is 0.400. The predicted octanol–water partition coefficient (Wildman–Crippen LogP) is 1.87. The minimum atomic E-state index is -0.505. The number of carbonyl (C=O) groups is 1. The Morgan fingerprint density at radius 3 is 2.68 bits per heavy atom. The SMILES string of the molecule is COc1ccc(C=C(C)C(=O)N2CCOCC2)cc1[N+](=O)[O-]. The molecule has 1 aromatic carbocycles. The van der Waals surface area contributed by atoms with Crippen molar-refractivity contribution in [2.75, 3.05) is 33.4 Å². The van der Waals surface area contributed by atoms with Crippen LogP contribution in [-0.2, 0) is 9.53 Å². The van der Waals surface area contributed by atoms with Crippen LogP contribution in [0.5, 0.6) is 5.75 Å². The fourth-order valence-corrected chi connectivity index (χ4v) is 2.27. The topological polar surface area (TPSA) is 81.9 Å². The van der Waals surface area contributed by atoms with Crippen molar-refractivity contribution in [3.8, 4) is 5.75 Å². The van der Waals surface area contributed by atoms with Gasteiger partial charge in [0.05, 0.1) is 25.2 Å². The van der Waals surface area contributed by atoms with Gasteiger partial charge in [-0.15, -0.1) is 0 Å². The van der Waals surface area contributed by atoms with Crippen LogP contribution in [0, 0.1) is 10.1 Å². The Labute approximate surface area is 128 Å². The van der Waals surface area contributed by atoms with Crippen molar-refractivity contribution < 1.29 is 19.2 Å². The van der Waals surface area contributed by atoms with E-state index < -0.39 is 4.92 Å². The third-order valence-electron chi connectivity index (χ3n) is 3.42. The van der Waals surface area contributed by atoms with Gasteiger partial charge in [-0.1, -0.05) is 6.07 Å². The Hall–Kier alpha value is -2.41. The first kappa shape index (κ1) is 16.0. The Bertz CT molecular complexity index is 606. The number of nitrogens with zero attached hydrogens (tertiary/aromatic N) is 2. The molecule has 1 saturated heterocycles. The molecule has 22 heavy (non-hydrogen) atoms. The van der Waals surface area contributed by atoms with Gasteiger partial charge < -0.3 is 14.4 Å². The Morgan fingerprint density at radius 1 is 1.41 bits per heavy atom. The highest BCUT2D eigenvalue weighted by Gasteiger charge is 2.19. The number of ether oxygens (including phenoxy) is 2. The lowest BCUT2D eigenvalue weighted by Gasteiger charge is -2.27. The first-order valence-electron chi connectivity index (χ1n) is 6.90. The maximum atomic E-state index is 12.3. The summed E-state index contributed by atoms with van der Waals surface area (Å²) in [5, 5.41) is 11.0. The number of hydrogen-bond donors (Lipinski definition) is 0. The standard InChI is InChI=1S/C15H18N2O5/c1-11(15(18)16-5-7-22-8-6-16)9-12-3-4-14(21-2)13(10-12)17(19)20/h3-4,9-10H,5-8H2,1-2H3. The van der Waals surface area contributed by atoms with Crippen molar-refractivity contribution in [2.24, 2.45) is 0 Å². The molecule has 118 valence electrons. The Kier molecular flexibility index (Phi) is 5.11. The number of methoxy groups -OCH3 is 1. The third-order valence-corrected chi connectivity index (χ3v) is 3.42. The molecule has 0 spiro atoms. The van der Waals surface area contributed by atoms with Gasteiger partial charge in [0.2, 0.25) is 5.91 Å². The molecule has 0 aliphatic carbocycles. The summed E-state index contributed by atoms with van der Waals surface area (Å²) in [5.41, 5.74) is 0.996. The second kappa shape index (κ2) is 7.04. The maximum absolute atomic E-state index is 12.3. The lowest BCUT2D eigenvalue weighted by molar-refractivity contribution is -0.385. The number of nitro groups is 1. The summed E-state index contributed by atoms with van der Waals surface area (Å²) < 4.78 is 10.2. The summed E-state index contributed by atoms with van der Waals surface area (Å²) >= 11 is 0. The molecule has 0 N–H and O–H groups in total. The fourth-order valence-electron chi connectivity index (χ4n) is 2.27. The minimum Gasteiger partial charge on any atom is -0.490 e. The van der Waals surface area contributed by atoms with Crippen molar-refractivity contribution in [3.63, 3.8) is 0 Å². The summed E-state index contributed by atoms with van der Waals surface area (Å²) in [6, 6.07) is 4.60. The molecule has 1 aliphatic heterocycles. The summed E-state index contributed by atoms with van der Waals surface area (Å²) in [7, 11) is 1.38. The van der Waals surface area contributed by atoms with Gasteiger partial charge in [-0.25, -0.2) is 0 Å². The highest BCUT2D eigenvalue weighted by Crippen LogP contribution is 2.28. The van der Waals surface area contributed by atoms with Crippen molar-refractivity contribution >= 4 is 17.7 Å². The lowest BCUT2D eigenvalue weighted by Crippen LogP contribution is -2.41. The first-order chi connectivity index (χ1) is 10.5. The zero-order chi connectivity index (χ0) is 16.1. The van der Waals surface area contributed by atoms with Gasteiger partial charge in [0.25, 0.3) is 0 Å². The van der Waals surface area contributed by atoms with Gasteiger partial charge in [0.1, 0.15) is 0 Å². The minimum absolute atomic E-state index is 0.0817. The number of benzene rings is 1. The number of carbonyl (C=O) groups excluding carboxylic acids is 1. The van der Waals surface area contributed by atoms with Gasteiger partial charge in [-0.05, 0) is 24.6 Å². The van der Waals surface area contributed by atoms with Crippen molar-refractivity contribution in [3.05, 3.63) is 39.4 Å². The quantitative estimate of drug-likeness (QED) is 0.482. The molecule has 0 bridgehead atoms. The maximum Gasteiger partial charge on any atom is 0.311 e. The monoisotopic (exact) mass is 306 g/mol. The van der Waals surface area contributed by atoms with E-state index in [9.17, 15) is 14.9 Å². The summed E-state index contributed by atoms with van der Waals surface area (Å²) in [5.74, 6) is 0.112. The molecule has 0 atom stereocenters. The van der Waals surface area contributed by atoms with Crippen LogP contribution < -0.4 is 4.74 Å². The number of morpholine rings is 1. The van der Waals surface area contributed by atoms with E-state index in [2.05, 4.69) is 0 Å². The van der Waals surface area contributed by atoms with Crippen molar-refractivity contribution in [2.45, 2.75) is 6.92 Å². The van der Waals surface area contributed by atoms with Gasteiger partial charge in [-0.2, -0.15) is 0 Å². The van der Waals surface area contributed by atoms with Crippen LogP contribution in [0.2, 0.25) is 0 Å². The highest BCUT2D eigenvalue weighted by atomic mass is 16.6. The van der Waals surface area contributed by atoms with Crippen LogP contribution in [0.3, 0.4) is 0 Å². The van der Waals surface area contributed by atoms with Crippen molar-refractivity contribution in [1.82, 2.24) is 4.90 Å². The molecule has 1 heterocycles. The largest absolute Gasteiger partial charge is 0.490 e. The van der Waals surface area contributed by atoms with E-state index in [0.717, 1.165) is 0 Å². The molecule has 1 fully saturated rings. The van der Waals surface area contributed by atoms with Gasteiger partial charge in [0, 0.05) is 24.7 Å². The molecular weight excluding hydrogens is 288 g/mol. The van der Waals surface area contributed by atoms with Crippen LogP contribution in [-0.4, -0.2) is 49.1 Å². The molecule has 0 saturated carbocycles. The number of nitro benzene ring substituents is 1. The molecule has 0 aromatic heterocycles. The van der Waals surface area contributed by atoms with E-state index in [1.165, 1.54) is 19.2 Å². The average Bonchev–Trinajstić information content (AvgIpc) is 2.54. The van der Waals surface area contributed by atoms with Crippen LogP contribution in [0.4, 0.5) is 5.69 Å². The summed E-state index contributed by atoms with van der Waals surface area (Å²) in [6.45, 7) is 3.90. The normalized spacial score (nSPS) is 15.5. The van der Waals surface area contributed by atoms with Crippen LogP contribution in [0.15, 0.2) is 23.8 Å². The van der Waals surface area contributed by atoms with Gasteiger partial charge >= 0.3 is 5.69 Å². The number of rotatable bonds is 4. The van der Waals surface area contributed by atoms with E-state index in [1.807, 2.05) is 0 Å². The lowest BCUT2D eigenvalue weighted by atomic mass is 10.1. The average molecular weight is 306 g/mol. The van der Waals surface area contributed by atoms with E-state index >= 15 is 0 Å². The number of amides is 1. The van der Waals surface area contributed by atoms with Gasteiger partial charge in [-0.3, -0.25) is 14.9 Å². The molecule has 1 aromatic rings. The molecule has 0 unspecified atom stereocenters. The number of hydrogen-bond acceptors (Lipinski definition) is 5. The van der Waals surface area contributed by atoms with Crippen LogP contribution in [0.1, 0.15) is 12.5 Å². The van der Waals surface area contributed by atoms with E-state index in [4.69, 9.17) is 9.47 Å². The summed E-state index contributed by atoms with van der Waals surface area (Å²) in [4.78, 5) is 24.5. The Morgan fingerprint density at radius 2 is 2.09 bits per heavy atom. The third kappa shape index (κ3) is 3.62. The van der Waals surface area contributed by atoms with E-state index in [-0.39, 0.29) is 17.3 Å². The molecule has 0 radical (unpaired) electrons. The second-order valence-corrected chi connectivity index (χ2v) is 4.92. The smallest absolute Gasteiger partial charge is 0.311 e. The molecule has 1 amide bonds. The molecular formula is C15H18N2O5. The molecule has 2 rings (SSSR count). The summed E-state index contributed by atoms with van der Waals surface area (Å²) in [6.07, 6.45) is 1.64. The zero-order valence-corrected chi connectivity index (χ0v) is 12.6. The predicted molar refractivity (Wildman–Crippen MR) is 80.7 cm³/mol. The molecule has 1 aliphatic rings.